The van der Waals surface area contributed by atoms with Crippen LogP contribution in [0.25, 0.3) is 11.0 Å². The maximum Gasteiger partial charge on any atom is 0.265 e. The van der Waals surface area contributed by atoms with E-state index in [1.807, 2.05) is 6.92 Å². The lowest BCUT2D eigenvalue weighted by molar-refractivity contribution is 0.0323. The highest BCUT2D eigenvalue weighted by Crippen LogP contribution is 2.33. The number of ether oxygens (including phenoxy) is 3. The van der Waals surface area contributed by atoms with E-state index in [4.69, 9.17) is 18.6 Å². The van der Waals surface area contributed by atoms with Crippen LogP contribution >= 0.6 is 12.4 Å². The molecule has 1 aliphatic rings. The highest BCUT2D eigenvalue weighted by molar-refractivity contribution is 7.92. The van der Waals surface area contributed by atoms with Crippen molar-refractivity contribution in [3.05, 3.63) is 48.2 Å². The summed E-state index contributed by atoms with van der Waals surface area (Å²) in [6, 6.07) is 10.2. The van der Waals surface area contributed by atoms with Gasteiger partial charge in [0.2, 0.25) is 0 Å². The van der Waals surface area contributed by atoms with Gasteiger partial charge in [0.15, 0.2) is 11.3 Å². The minimum atomic E-state index is -3.87. The molecule has 2 heterocycles. The van der Waals surface area contributed by atoms with Crippen LogP contribution in [0.1, 0.15) is 5.56 Å². The molecule has 0 radical (unpaired) electrons. The van der Waals surface area contributed by atoms with Gasteiger partial charge in [-0.3, -0.25) is 9.62 Å². The molecule has 0 bridgehead atoms. The Bertz CT molecular complexity index is 1160. The van der Waals surface area contributed by atoms with E-state index in [-0.39, 0.29) is 23.1 Å². The Hall–Kier alpha value is -2.46. The summed E-state index contributed by atoms with van der Waals surface area (Å²) in [4.78, 5) is 2.34. The maximum absolute atomic E-state index is 13.1. The molecule has 10 heteroatoms. The van der Waals surface area contributed by atoms with Gasteiger partial charge in [-0.05, 0) is 36.8 Å². The van der Waals surface area contributed by atoms with Gasteiger partial charge >= 0.3 is 0 Å². The van der Waals surface area contributed by atoms with Gasteiger partial charge in [-0.1, -0.05) is 6.07 Å². The number of hydrogen-bond acceptors (Lipinski definition) is 7. The average molecular weight is 483 g/mol. The van der Waals surface area contributed by atoms with Crippen molar-refractivity contribution in [1.29, 1.82) is 0 Å². The average Bonchev–Trinajstić information content (AvgIpc) is 3.23. The highest BCUT2D eigenvalue weighted by Gasteiger charge is 2.21. The first-order chi connectivity index (χ1) is 15.0. The highest BCUT2D eigenvalue weighted by atomic mass is 35.5. The van der Waals surface area contributed by atoms with Crippen molar-refractivity contribution in [1.82, 2.24) is 4.90 Å². The van der Waals surface area contributed by atoms with E-state index in [2.05, 4.69) is 9.62 Å². The first kappa shape index (κ1) is 24.2. The van der Waals surface area contributed by atoms with Gasteiger partial charge in [0, 0.05) is 31.1 Å². The lowest BCUT2D eigenvalue weighted by Gasteiger charge is -2.26. The Morgan fingerprint density at radius 2 is 1.88 bits per heavy atom. The fraction of sp³-hybridized carbons (Fsp3) is 0.364. The van der Waals surface area contributed by atoms with E-state index in [1.54, 1.807) is 42.7 Å². The van der Waals surface area contributed by atoms with Crippen LogP contribution in [0, 0.1) is 6.92 Å². The number of aryl methyl sites for hydroxylation is 1. The first-order valence-electron chi connectivity index (χ1n) is 10.1. The zero-order chi connectivity index (χ0) is 21.8. The summed E-state index contributed by atoms with van der Waals surface area (Å²) in [6.45, 7) is 6.23. The van der Waals surface area contributed by atoms with Crippen LogP contribution in [0.4, 0.5) is 5.69 Å². The summed E-state index contributed by atoms with van der Waals surface area (Å²) in [5.74, 6) is 0.772. The minimum absolute atomic E-state index is 0. The Labute approximate surface area is 193 Å². The van der Waals surface area contributed by atoms with Crippen molar-refractivity contribution < 1.29 is 27.0 Å². The molecular weight excluding hydrogens is 456 g/mol. The molecular formula is C22H27ClN2O6S. The van der Waals surface area contributed by atoms with Crippen LogP contribution in [0.5, 0.6) is 11.5 Å². The molecule has 0 atom stereocenters. The molecule has 1 aliphatic heterocycles. The molecule has 0 amide bonds. The largest absolute Gasteiger partial charge is 0.495 e. The Morgan fingerprint density at radius 1 is 1.09 bits per heavy atom. The van der Waals surface area contributed by atoms with E-state index in [1.165, 1.54) is 7.11 Å². The van der Waals surface area contributed by atoms with Crippen molar-refractivity contribution in [2.75, 3.05) is 51.3 Å². The third-order valence-electron chi connectivity index (χ3n) is 5.15. The van der Waals surface area contributed by atoms with Crippen molar-refractivity contribution in [3.8, 4) is 11.5 Å². The summed E-state index contributed by atoms with van der Waals surface area (Å²) >= 11 is 0. The predicted molar refractivity (Wildman–Crippen MR) is 125 cm³/mol. The number of anilines is 1. The van der Waals surface area contributed by atoms with Gasteiger partial charge in [0.1, 0.15) is 17.3 Å². The normalized spacial score (nSPS) is 14.7. The minimum Gasteiger partial charge on any atom is -0.495 e. The fourth-order valence-corrected chi connectivity index (χ4v) is 4.82. The second-order valence-corrected chi connectivity index (χ2v) is 9.03. The molecule has 0 aliphatic carbocycles. The van der Waals surface area contributed by atoms with Crippen LogP contribution in [0.15, 0.2) is 52.0 Å². The topological polar surface area (TPSA) is 90.2 Å². The number of sulfonamides is 1. The van der Waals surface area contributed by atoms with Crippen LogP contribution < -0.4 is 14.2 Å². The predicted octanol–water partition coefficient (Wildman–Crippen LogP) is 3.68. The van der Waals surface area contributed by atoms with Crippen LogP contribution in [0.2, 0.25) is 0 Å². The van der Waals surface area contributed by atoms with E-state index < -0.39 is 10.0 Å². The van der Waals surface area contributed by atoms with Gasteiger partial charge in [-0.15, -0.1) is 12.4 Å². The number of fused-ring (bicyclic) bond motifs is 1. The van der Waals surface area contributed by atoms with Crippen molar-refractivity contribution in [2.24, 2.45) is 0 Å². The summed E-state index contributed by atoms with van der Waals surface area (Å²) in [7, 11) is -2.42. The second-order valence-electron chi connectivity index (χ2n) is 7.38. The number of benzene rings is 2. The number of methoxy groups -OCH3 is 1. The fourth-order valence-electron chi connectivity index (χ4n) is 3.53. The smallest absolute Gasteiger partial charge is 0.265 e. The molecule has 0 unspecified atom stereocenters. The molecule has 174 valence electrons. The molecule has 1 aromatic heterocycles. The SMILES string of the molecule is COc1ccc(C)cc1S(=O)(=O)Nc1cc(OCCN2CCOCC2)c2occc2c1.Cl. The number of nitrogens with zero attached hydrogens (tertiary/aromatic N) is 1. The summed E-state index contributed by atoms with van der Waals surface area (Å²) in [5.41, 5.74) is 1.79. The summed E-state index contributed by atoms with van der Waals surface area (Å²) < 4.78 is 50.9. The van der Waals surface area contributed by atoms with Crippen molar-refractivity contribution in [3.63, 3.8) is 0 Å². The van der Waals surface area contributed by atoms with Gasteiger partial charge in [-0.2, -0.15) is 0 Å². The zero-order valence-corrected chi connectivity index (χ0v) is 19.6. The molecule has 2 aromatic carbocycles. The number of rotatable bonds is 8. The van der Waals surface area contributed by atoms with Crippen LogP contribution in [0.3, 0.4) is 0 Å². The molecule has 4 rings (SSSR count). The van der Waals surface area contributed by atoms with Gasteiger partial charge in [0.25, 0.3) is 10.0 Å². The first-order valence-corrected chi connectivity index (χ1v) is 11.6. The van der Waals surface area contributed by atoms with Crippen LogP contribution in [-0.4, -0.2) is 59.9 Å². The van der Waals surface area contributed by atoms with E-state index >= 15 is 0 Å². The molecule has 1 N–H and O–H groups in total. The molecule has 1 fully saturated rings. The zero-order valence-electron chi connectivity index (χ0n) is 18.0. The van der Waals surface area contributed by atoms with Gasteiger partial charge in [0.05, 0.1) is 32.3 Å². The van der Waals surface area contributed by atoms with E-state index in [0.29, 0.717) is 23.6 Å². The lowest BCUT2D eigenvalue weighted by Crippen LogP contribution is -2.38. The van der Waals surface area contributed by atoms with Gasteiger partial charge < -0.3 is 18.6 Å². The monoisotopic (exact) mass is 482 g/mol. The third kappa shape index (κ3) is 5.47. The molecule has 32 heavy (non-hydrogen) atoms. The number of halogens is 1. The van der Waals surface area contributed by atoms with Gasteiger partial charge in [-0.25, -0.2) is 8.42 Å². The van der Waals surface area contributed by atoms with Crippen molar-refractivity contribution in [2.45, 2.75) is 11.8 Å². The molecule has 1 saturated heterocycles. The Balaban J connectivity index is 0.00000289. The molecule has 3 aromatic rings. The summed E-state index contributed by atoms with van der Waals surface area (Å²) in [6.07, 6.45) is 1.56. The standard InChI is InChI=1S/C22H26N2O6S.ClH/c1-16-3-4-19(27-2)21(13-16)31(25,26)23-18-14-17-5-9-30-22(17)20(15-18)29-12-8-24-6-10-28-11-7-24;/h3-5,9,13-15,23H,6-8,10-12H2,1-2H3;1H. The van der Waals surface area contributed by atoms with E-state index in [0.717, 1.165) is 43.8 Å². The number of morpholine rings is 1. The van der Waals surface area contributed by atoms with Crippen LogP contribution in [-0.2, 0) is 14.8 Å². The third-order valence-corrected chi connectivity index (χ3v) is 6.55. The second kappa shape index (κ2) is 10.4. The maximum atomic E-state index is 13.1. The molecule has 0 spiro atoms. The number of hydrogen-bond donors (Lipinski definition) is 1. The Morgan fingerprint density at radius 3 is 2.62 bits per heavy atom. The number of furan rings is 1. The lowest BCUT2D eigenvalue weighted by atomic mass is 10.2. The van der Waals surface area contributed by atoms with Crippen molar-refractivity contribution >= 4 is 39.1 Å². The Kier molecular flexibility index (Phi) is 7.89. The molecule has 8 nitrogen and oxygen atoms in total. The molecule has 0 saturated carbocycles. The number of nitrogens with one attached hydrogen (secondary N) is 1. The quantitative estimate of drug-likeness (QED) is 0.523. The summed E-state index contributed by atoms with van der Waals surface area (Å²) in [5, 5.41) is 0.748. The van der Waals surface area contributed by atoms with E-state index in [9.17, 15) is 8.42 Å².